The summed E-state index contributed by atoms with van der Waals surface area (Å²) >= 11 is 0. The van der Waals surface area contributed by atoms with E-state index in [1.165, 1.54) is 7.05 Å². The molecule has 9 heteroatoms. The maximum absolute atomic E-state index is 11.3. The molecule has 1 heterocycles. The minimum absolute atomic E-state index is 0.278. The summed E-state index contributed by atoms with van der Waals surface area (Å²) in [4.78, 5) is 21.5. The maximum Gasteiger partial charge on any atom is 0.322 e. The van der Waals surface area contributed by atoms with Crippen LogP contribution in [0.25, 0.3) is 0 Å². The van der Waals surface area contributed by atoms with Gasteiger partial charge in [0, 0.05) is 0 Å². The highest BCUT2D eigenvalue weighted by molar-refractivity contribution is 7.89. The number of hydrogen-bond donors (Lipinski definition) is 3. The fraction of sp³-hybridized carbons (Fsp3) is 0.250. The zero-order valence-corrected chi connectivity index (χ0v) is 9.58. The third-order valence-electron chi connectivity index (χ3n) is 1.74. The number of rotatable bonds is 5. The fourth-order valence-corrected chi connectivity index (χ4v) is 1.58. The van der Waals surface area contributed by atoms with Crippen LogP contribution in [0.15, 0.2) is 21.6 Å². The van der Waals surface area contributed by atoms with Gasteiger partial charge in [-0.05, 0) is 19.2 Å². The number of nitrogens with one attached hydrogen (secondary N) is 2. The Hall–Kier alpha value is -1.87. The molecule has 1 aromatic rings. The van der Waals surface area contributed by atoms with E-state index in [-0.39, 0.29) is 5.76 Å². The molecular formula is C8H10N2O6S. The van der Waals surface area contributed by atoms with Gasteiger partial charge in [0.15, 0.2) is 5.76 Å². The first kappa shape index (κ1) is 13.2. The molecule has 0 radical (unpaired) electrons. The standard InChI is InChI=1S/C8H10N2O6S/c1-9-17(14,15)7-3-2-5(16-7)8(13)10-4-6(11)12/h2-3,9H,4H2,1H3,(H,10,13)(H,11,12). The van der Waals surface area contributed by atoms with Gasteiger partial charge in [0.2, 0.25) is 5.09 Å². The lowest BCUT2D eigenvalue weighted by molar-refractivity contribution is -0.135. The Bertz CT molecular complexity index is 532. The van der Waals surface area contributed by atoms with Crippen LogP contribution in [0.2, 0.25) is 0 Å². The number of carbonyl (C=O) groups excluding carboxylic acids is 1. The Morgan fingerprint density at radius 1 is 1.41 bits per heavy atom. The Kier molecular flexibility index (Phi) is 3.86. The maximum atomic E-state index is 11.3. The molecular weight excluding hydrogens is 252 g/mol. The minimum Gasteiger partial charge on any atom is -0.480 e. The number of carboxylic acid groups (broad SMARTS) is 1. The van der Waals surface area contributed by atoms with E-state index >= 15 is 0 Å². The van der Waals surface area contributed by atoms with Gasteiger partial charge in [0.1, 0.15) is 6.54 Å². The van der Waals surface area contributed by atoms with Gasteiger partial charge < -0.3 is 14.8 Å². The van der Waals surface area contributed by atoms with Crippen LogP contribution >= 0.6 is 0 Å². The molecule has 0 atom stereocenters. The SMILES string of the molecule is CNS(=O)(=O)c1ccc(C(=O)NCC(=O)O)o1. The molecule has 1 amide bonds. The molecule has 0 spiro atoms. The van der Waals surface area contributed by atoms with Crippen molar-refractivity contribution in [2.45, 2.75) is 5.09 Å². The van der Waals surface area contributed by atoms with E-state index in [0.717, 1.165) is 12.1 Å². The molecule has 94 valence electrons. The van der Waals surface area contributed by atoms with Crippen molar-refractivity contribution in [3.63, 3.8) is 0 Å². The minimum atomic E-state index is -3.76. The number of furan rings is 1. The van der Waals surface area contributed by atoms with Gasteiger partial charge in [-0.2, -0.15) is 0 Å². The van der Waals surface area contributed by atoms with Crippen LogP contribution in [0.4, 0.5) is 0 Å². The normalized spacial score (nSPS) is 11.1. The molecule has 0 bridgehead atoms. The van der Waals surface area contributed by atoms with E-state index < -0.39 is 33.5 Å². The van der Waals surface area contributed by atoms with Gasteiger partial charge in [-0.1, -0.05) is 0 Å². The first-order chi connectivity index (χ1) is 7.86. The van der Waals surface area contributed by atoms with Crippen molar-refractivity contribution in [1.29, 1.82) is 0 Å². The Labute approximate surface area is 96.7 Å². The topological polar surface area (TPSA) is 126 Å². The molecule has 0 saturated heterocycles. The second-order valence-electron chi connectivity index (χ2n) is 2.90. The highest BCUT2D eigenvalue weighted by Gasteiger charge is 2.19. The molecule has 1 aromatic heterocycles. The fourth-order valence-electron chi connectivity index (χ4n) is 0.930. The summed E-state index contributed by atoms with van der Waals surface area (Å²) in [7, 11) is -2.56. The molecule has 17 heavy (non-hydrogen) atoms. The summed E-state index contributed by atoms with van der Waals surface area (Å²) in [6.45, 7) is -0.576. The first-order valence-corrected chi connectivity index (χ1v) is 5.88. The first-order valence-electron chi connectivity index (χ1n) is 4.40. The molecule has 0 aliphatic heterocycles. The number of aliphatic carboxylic acids is 1. The monoisotopic (exact) mass is 262 g/mol. The smallest absolute Gasteiger partial charge is 0.322 e. The molecule has 0 aromatic carbocycles. The van der Waals surface area contributed by atoms with E-state index in [0.29, 0.717) is 0 Å². The van der Waals surface area contributed by atoms with Crippen LogP contribution in [-0.4, -0.2) is 39.0 Å². The Morgan fingerprint density at radius 2 is 2.06 bits per heavy atom. The van der Waals surface area contributed by atoms with Gasteiger partial charge in [-0.15, -0.1) is 0 Å². The van der Waals surface area contributed by atoms with Gasteiger partial charge in [-0.25, -0.2) is 13.1 Å². The number of amides is 1. The second kappa shape index (κ2) is 4.97. The number of sulfonamides is 1. The van der Waals surface area contributed by atoms with Crippen molar-refractivity contribution < 1.29 is 27.5 Å². The Balaban J connectivity index is 2.82. The van der Waals surface area contributed by atoms with Crippen LogP contribution in [0.3, 0.4) is 0 Å². The molecule has 0 fully saturated rings. The highest BCUT2D eigenvalue weighted by atomic mass is 32.2. The summed E-state index contributed by atoms with van der Waals surface area (Å²) in [5.41, 5.74) is 0. The average Bonchev–Trinajstić information content (AvgIpc) is 2.75. The predicted molar refractivity (Wildman–Crippen MR) is 54.9 cm³/mol. The van der Waals surface area contributed by atoms with E-state index in [1.807, 2.05) is 10.0 Å². The summed E-state index contributed by atoms with van der Waals surface area (Å²) in [6, 6.07) is 2.24. The third kappa shape index (κ3) is 3.29. The number of carboxylic acids is 1. The van der Waals surface area contributed by atoms with Crippen LogP contribution in [-0.2, 0) is 14.8 Å². The summed E-state index contributed by atoms with van der Waals surface area (Å²) in [6.07, 6.45) is 0. The van der Waals surface area contributed by atoms with Crippen molar-refractivity contribution in [2.75, 3.05) is 13.6 Å². The zero-order chi connectivity index (χ0) is 13.1. The van der Waals surface area contributed by atoms with Crippen molar-refractivity contribution >= 4 is 21.9 Å². The van der Waals surface area contributed by atoms with Crippen molar-refractivity contribution in [2.24, 2.45) is 0 Å². The third-order valence-corrected chi connectivity index (χ3v) is 3.03. The van der Waals surface area contributed by atoms with Crippen molar-refractivity contribution in [3.05, 3.63) is 17.9 Å². The molecule has 1 rings (SSSR count). The average molecular weight is 262 g/mol. The molecule has 0 aliphatic rings. The zero-order valence-electron chi connectivity index (χ0n) is 8.76. The van der Waals surface area contributed by atoms with E-state index in [9.17, 15) is 18.0 Å². The second-order valence-corrected chi connectivity index (χ2v) is 4.72. The van der Waals surface area contributed by atoms with E-state index in [4.69, 9.17) is 9.52 Å². The van der Waals surface area contributed by atoms with Crippen LogP contribution < -0.4 is 10.0 Å². The van der Waals surface area contributed by atoms with Crippen LogP contribution in [0, 0.1) is 0 Å². The van der Waals surface area contributed by atoms with Gasteiger partial charge >= 0.3 is 5.97 Å². The summed E-state index contributed by atoms with van der Waals surface area (Å²) < 4.78 is 29.3. The van der Waals surface area contributed by atoms with E-state index in [1.54, 1.807) is 0 Å². The molecule has 0 saturated carbocycles. The van der Waals surface area contributed by atoms with Gasteiger partial charge in [0.05, 0.1) is 0 Å². The van der Waals surface area contributed by atoms with Crippen LogP contribution in [0.1, 0.15) is 10.6 Å². The number of carbonyl (C=O) groups is 2. The summed E-state index contributed by atoms with van der Waals surface area (Å²) in [5.74, 6) is -2.29. The quantitative estimate of drug-likeness (QED) is 0.625. The summed E-state index contributed by atoms with van der Waals surface area (Å²) in [5, 5.41) is 9.95. The van der Waals surface area contributed by atoms with Gasteiger partial charge in [0.25, 0.3) is 15.9 Å². The predicted octanol–water partition coefficient (Wildman–Crippen LogP) is -0.998. The lowest BCUT2D eigenvalue weighted by Gasteiger charge is -1.99. The van der Waals surface area contributed by atoms with Crippen molar-refractivity contribution in [3.8, 4) is 0 Å². The Morgan fingerprint density at radius 3 is 2.59 bits per heavy atom. The van der Waals surface area contributed by atoms with Gasteiger partial charge in [-0.3, -0.25) is 9.59 Å². The molecule has 0 aliphatic carbocycles. The number of hydrogen-bond acceptors (Lipinski definition) is 5. The highest BCUT2D eigenvalue weighted by Crippen LogP contribution is 2.13. The molecule has 8 nitrogen and oxygen atoms in total. The van der Waals surface area contributed by atoms with E-state index in [2.05, 4.69) is 0 Å². The largest absolute Gasteiger partial charge is 0.480 e. The van der Waals surface area contributed by atoms with Crippen molar-refractivity contribution in [1.82, 2.24) is 10.0 Å². The lowest BCUT2D eigenvalue weighted by Crippen LogP contribution is -2.28. The lowest BCUT2D eigenvalue weighted by atomic mass is 10.4. The molecule has 3 N–H and O–H groups in total. The van der Waals surface area contributed by atoms with Crippen LogP contribution in [0.5, 0.6) is 0 Å². The molecule has 0 unspecified atom stereocenters.